The van der Waals surface area contributed by atoms with E-state index in [0.29, 0.717) is 28.9 Å². The number of benzene rings is 5. The van der Waals surface area contributed by atoms with Crippen LogP contribution in [0, 0.1) is 35.2 Å². The highest BCUT2D eigenvalue weighted by molar-refractivity contribution is 6.06. The lowest BCUT2D eigenvalue weighted by atomic mass is 9.42. The molecule has 0 unspecified atom stereocenters. The number of nitrogens with zero attached hydrogens (tertiary/aromatic N) is 3. The number of ketones is 2. The topological polar surface area (TPSA) is 418 Å². The Morgan fingerprint density at radius 2 is 1.53 bits per heavy atom. The zero-order valence-corrected chi connectivity index (χ0v) is 59.6. The van der Waals surface area contributed by atoms with Gasteiger partial charge in [0.1, 0.15) is 36.3 Å². The van der Waals surface area contributed by atoms with E-state index in [1.165, 1.54) is 27.0 Å². The molecule has 2 aromatic heterocycles. The average Bonchev–Trinajstić information content (AvgIpc) is 0.670. The predicted molar refractivity (Wildman–Crippen MR) is 378 cm³/mol. The van der Waals surface area contributed by atoms with Crippen molar-refractivity contribution in [2.24, 2.45) is 22.2 Å². The zero-order valence-electron chi connectivity index (χ0n) is 59.6. The third-order valence-corrected chi connectivity index (χ3v) is 21.0. The quantitative estimate of drug-likeness (QED) is 0.00559. The maximum Gasteiger partial charge on any atom is 0.339 e. The van der Waals surface area contributed by atoms with Gasteiger partial charge in [-0.15, -0.1) is 24.3 Å². The summed E-state index contributed by atoms with van der Waals surface area (Å²) in [6, 6.07) is 33.3. The molecule has 106 heavy (non-hydrogen) atoms. The van der Waals surface area contributed by atoms with E-state index in [4.69, 9.17) is 34.5 Å². The molecule has 11 rings (SSSR count). The monoisotopic (exact) mass is 1450 g/mol. The maximum absolute atomic E-state index is 16.5. The third kappa shape index (κ3) is 15.6. The molecule has 7 aromatic rings. The van der Waals surface area contributed by atoms with E-state index in [9.17, 15) is 53.7 Å². The summed E-state index contributed by atoms with van der Waals surface area (Å²) in [5.74, 6) is -9.50. The van der Waals surface area contributed by atoms with E-state index in [0.717, 1.165) is 19.1 Å². The molecular formula is C78H83N9O19-2. The SMILES string of the molecule is CC(=O)O[C@H]1C(=O)[C@]2(C)[C@@H](OC(=O)c3cc(C)c(C(=O)NCCCC(=O)CC[C@@H](C)NC(=O)c4[c-]cc(NCc5cnc6nc(N)[nH]c(=O)c6n5)cc4)cc3C(=O)[O-])C[C@H]3OC[C@@]3(C)[C@H]2[C@H](OOCc2ccccc2)[C@]2(O)C[C@H](OC(=O)[C@H](O)[C@@H](NC(=O)c3ccccc3)c3ccccc3)C(C)=C1C2(C)C. The van der Waals surface area contributed by atoms with Gasteiger partial charge in [-0.05, 0) is 98.3 Å². The first-order valence-corrected chi connectivity index (χ1v) is 34.8. The molecule has 5 aromatic carbocycles. The fourth-order valence-electron chi connectivity index (χ4n) is 15.2. The number of hydrogen-bond donors (Lipinski definition) is 8. The summed E-state index contributed by atoms with van der Waals surface area (Å²) in [4.78, 5) is 167. The number of ether oxygens (including phenoxy) is 4. The number of nitrogens with one attached hydrogen (secondary N) is 5. The average molecular weight is 1450 g/mol. The van der Waals surface area contributed by atoms with E-state index in [1.54, 1.807) is 137 Å². The van der Waals surface area contributed by atoms with Crippen molar-refractivity contribution < 1.29 is 87.2 Å². The summed E-state index contributed by atoms with van der Waals surface area (Å²) in [6.45, 7) is 12.3. The fraction of sp³-hybridized carbons (Fsp3) is 0.397. The van der Waals surface area contributed by atoms with Gasteiger partial charge in [-0.1, -0.05) is 105 Å². The number of carbonyl (C=O) groups excluding carboxylic acids is 9. The molecule has 9 N–H and O–H groups in total. The van der Waals surface area contributed by atoms with Gasteiger partial charge in [0.25, 0.3) is 17.4 Å². The van der Waals surface area contributed by atoms with E-state index in [2.05, 4.69) is 47.3 Å². The Balaban J connectivity index is 0.790. The fourth-order valence-corrected chi connectivity index (χ4v) is 15.2. The van der Waals surface area contributed by atoms with Gasteiger partial charge in [0.2, 0.25) is 5.95 Å². The number of aromatic carboxylic acids is 1. The van der Waals surface area contributed by atoms with Gasteiger partial charge in [-0.25, -0.2) is 29.3 Å². The standard InChI is InChI=1S/C78H84N9O19/c1-41-33-54(53(71(96)97)34-52(41)69(94)80-32-18-25-51(89)31-26-42(2)83-67(92)48-27-29-49(30-28-48)81-37-50-38-82-66-60(84-50)70(95)87-74(79)86-66)72(98)105-57-35-56-76(7,40-101-56)63-65(106-102-39-45-19-12-9-13-20-45)78(100)36-55(43(3)58(75(78,5)6)62(103-44(4)88)64(91)77(57,63)8)104-73(99)61(90)59(46-21-14-10-15-22-46)85-68(93)47-23-16-11-17-24-47/h9-17,19-24,27,29-30,33-34,38,42,55-57,59,61-63,65,81,90,100H,18,25-26,31-32,35-37,39-40H2,1-8H3,(H,80,94)(H,83,92)(H,85,93)(H,96,97)(H3,79,82,86,87,95)/q-1/p-1/t42-,55+,56-,57+,59+,61-,62-,63-,65+,76-,77-,78-/m1/s1. The number of carboxylic acid groups (broad SMARTS) is 1. The van der Waals surface area contributed by atoms with Crippen molar-refractivity contribution in [3.8, 4) is 0 Å². The number of aromatic amines is 1. The van der Waals surface area contributed by atoms with Gasteiger partial charge in [0.15, 0.2) is 35.1 Å². The summed E-state index contributed by atoms with van der Waals surface area (Å²) < 4.78 is 25.1. The number of aliphatic hydroxyl groups is 2. The van der Waals surface area contributed by atoms with Crippen molar-refractivity contribution in [2.45, 2.75) is 161 Å². The highest BCUT2D eigenvalue weighted by Crippen LogP contribution is 2.66. The maximum atomic E-state index is 16.5. The number of aryl methyl sites for hydroxylation is 1. The van der Waals surface area contributed by atoms with Crippen LogP contribution in [-0.2, 0) is 61.1 Å². The number of fused-ring (bicyclic) bond motifs is 6. The van der Waals surface area contributed by atoms with Crippen LogP contribution in [0.4, 0.5) is 11.6 Å². The second kappa shape index (κ2) is 31.4. The molecule has 1 saturated heterocycles. The molecule has 12 atom stereocenters. The molecule has 3 aliphatic carbocycles. The number of H-pyrrole nitrogens is 1. The van der Waals surface area contributed by atoms with Crippen molar-refractivity contribution in [2.75, 3.05) is 24.2 Å². The lowest BCUT2D eigenvalue weighted by molar-refractivity contribution is -0.412. The molecule has 0 radical (unpaired) electrons. The van der Waals surface area contributed by atoms with Crippen LogP contribution in [0.15, 0.2) is 143 Å². The second-order valence-corrected chi connectivity index (χ2v) is 28.4. The number of nitrogen functional groups attached to an aromatic ring is 1. The van der Waals surface area contributed by atoms with E-state index in [-0.39, 0.29) is 108 Å². The van der Waals surface area contributed by atoms with E-state index < -0.39 is 147 Å². The van der Waals surface area contributed by atoms with Crippen LogP contribution >= 0.6 is 0 Å². The van der Waals surface area contributed by atoms with Crippen molar-refractivity contribution in [1.82, 2.24) is 35.9 Å². The van der Waals surface area contributed by atoms with Crippen LogP contribution in [0.1, 0.15) is 167 Å². The number of aromatic nitrogens is 4. The first-order valence-electron chi connectivity index (χ1n) is 34.8. The van der Waals surface area contributed by atoms with Gasteiger partial charge in [-0.3, -0.25) is 33.8 Å². The number of esters is 3. The number of carboxylic acids is 1. The van der Waals surface area contributed by atoms with Crippen molar-refractivity contribution in [3.05, 3.63) is 205 Å². The number of amides is 3. The van der Waals surface area contributed by atoms with E-state index in [1.807, 2.05) is 0 Å². The van der Waals surface area contributed by atoms with Crippen molar-refractivity contribution in [1.29, 1.82) is 0 Å². The summed E-state index contributed by atoms with van der Waals surface area (Å²) in [6.07, 6.45) is -8.22. The zero-order chi connectivity index (χ0) is 76.2. The Labute approximate surface area is 609 Å². The number of hydrogen-bond acceptors (Lipinski definition) is 24. The molecule has 3 heterocycles. The minimum atomic E-state index is -2.34. The number of carbonyl (C=O) groups is 9. The van der Waals surface area contributed by atoms with Gasteiger partial charge < -0.3 is 70.9 Å². The number of Topliss-reactive ketones (excluding diaryl/α,β-unsaturated/α-hetero) is 2. The van der Waals surface area contributed by atoms with Crippen LogP contribution in [0.2, 0.25) is 0 Å². The number of aliphatic hydroxyl groups excluding tert-OH is 1. The third-order valence-electron chi connectivity index (χ3n) is 21.0. The molecule has 0 spiro atoms. The van der Waals surface area contributed by atoms with Crippen LogP contribution in [0.25, 0.3) is 11.2 Å². The normalized spacial score (nSPS) is 23.7. The van der Waals surface area contributed by atoms with Crippen LogP contribution < -0.4 is 37.7 Å². The highest BCUT2D eigenvalue weighted by atomic mass is 17.2. The molecule has 28 nitrogen and oxygen atoms in total. The molecule has 1 aliphatic heterocycles. The van der Waals surface area contributed by atoms with Gasteiger partial charge in [-0.2, -0.15) is 4.98 Å². The summed E-state index contributed by atoms with van der Waals surface area (Å²) in [5, 5.41) is 50.9. The summed E-state index contributed by atoms with van der Waals surface area (Å²) in [5.41, 5.74) is -0.732. The largest absolute Gasteiger partial charge is 0.545 e. The molecule has 28 heteroatoms. The minimum Gasteiger partial charge on any atom is -0.545 e. The highest BCUT2D eigenvalue weighted by Gasteiger charge is 2.76. The lowest BCUT2D eigenvalue weighted by Gasteiger charge is -2.68. The summed E-state index contributed by atoms with van der Waals surface area (Å²) >= 11 is 0. The first kappa shape index (κ1) is 76.2. The van der Waals surface area contributed by atoms with E-state index >= 15 is 9.59 Å². The number of anilines is 2. The molecule has 556 valence electrons. The molecule has 2 bridgehead atoms. The molecule has 3 fully saturated rings. The molecule has 4 aliphatic rings. The number of rotatable bonds is 27. The Bertz CT molecular complexity index is 4630. The molecule has 3 amide bonds. The van der Waals surface area contributed by atoms with Gasteiger partial charge in [0.05, 0.1) is 54.1 Å². The van der Waals surface area contributed by atoms with Gasteiger partial charge >= 0.3 is 17.9 Å². The molecular weight excluding hydrogens is 1370 g/mol. The second-order valence-electron chi connectivity index (χ2n) is 28.4. The summed E-state index contributed by atoms with van der Waals surface area (Å²) in [7, 11) is 0. The smallest absolute Gasteiger partial charge is 0.339 e. The van der Waals surface area contributed by atoms with Crippen molar-refractivity contribution in [3.63, 3.8) is 0 Å². The molecule has 2 saturated carbocycles. The Hall–Kier alpha value is -10.9. The van der Waals surface area contributed by atoms with Crippen LogP contribution in [-0.4, -0.2) is 145 Å². The van der Waals surface area contributed by atoms with Crippen LogP contribution in [0.3, 0.4) is 0 Å². The first-order chi connectivity index (χ1) is 50.4. The Kier molecular flexibility index (Phi) is 22.6. The van der Waals surface area contributed by atoms with Gasteiger partial charge in [0, 0.05) is 78.6 Å². The lowest BCUT2D eigenvalue weighted by Crippen LogP contribution is -2.78. The number of nitrogens with two attached hydrogens (primary N) is 1. The van der Waals surface area contributed by atoms with Crippen LogP contribution in [0.5, 0.6) is 0 Å². The van der Waals surface area contributed by atoms with Crippen molar-refractivity contribution >= 4 is 76.0 Å². The predicted octanol–water partition coefficient (Wildman–Crippen LogP) is 5.97. The Morgan fingerprint density at radius 3 is 2.19 bits per heavy atom. The Morgan fingerprint density at radius 1 is 0.830 bits per heavy atom. The minimum absolute atomic E-state index is 0.0127.